The van der Waals surface area contributed by atoms with E-state index in [2.05, 4.69) is 21.2 Å². The first-order valence-electron chi connectivity index (χ1n) is 7.88. The minimum atomic E-state index is -0.504. The number of halogens is 2. The van der Waals surface area contributed by atoms with Crippen LogP contribution in [0.4, 0.5) is 4.39 Å². The van der Waals surface area contributed by atoms with E-state index in [9.17, 15) is 14.0 Å². The Hall–Kier alpha value is -1.63. The lowest BCUT2D eigenvalue weighted by atomic mass is 9.84. The summed E-state index contributed by atoms with van der Waals surface area (Å²) in [6.07, 6.45) is 2.91. The molecule has 1 N–H and O–H groups in total. The monoisotopic (exact) mass is 399 g/mol. The lowest BCUT2D eigenvalue weighted by molar-refractivity contribution is -0.148. The third-order valence-corrected chi connectivity index (χ3v) is 5.78. The molecule has 5 nitrogen and oxygen atoms in total. The van der Waals surface area contributed by atoms with Crippen LogP contribution in [0.5, 0.6) is 5.75 Å². The zero-order valence-electron chi connectivity index (χ0n) is 13.5. The highest BCUT2D eigenvalue weighted by atomic mass is 79.9. The summed E-state index contributed by atoms with van der Waals surface area (Å²) in [5, 5.41) is 2.95. The van der Waals surface area contributed by atoms with Crippen LogP contribution in [0.1, 0.15) is 29.6 Å². The van der Waals surface area contributed by atoms with Crippen molar-refractivity contribution in [2.75, 3.05) is 14.2 Å². The fourth-order valence-corrected chi connectivity index (χ4v) is 4.42. The van der Waals surface area contributed by atoms with E-state index in [-0.39, 0.29) is 51.5 Å². The van der Waals surface area contributed by atoms with E-state index in [1.54, 1.807) is 0 Å². The van der Waals surface area contributed by atoms with Crippen molar-refractivity contribution in [1.82, 2.24) is 5.32 Å². The molecule has 0 spiro atoms. The molecule has 0 saturated heterocycles. The van der Waals surface area contributed by atoms with E-state index in [0.29, 0.717) is 0 Å². The average molecular weight is 400 g/mol. The molecule has 0 aromatic heterocycles. The number of rotatable bonds is 4. The highest BCUT2D eigenvalue weighted by Gasteiger charge is 2.52. The van der Waals surface area contributed by atoms with Gasteiger partial charge in [-0.15, -0.1) is 0 Å². The average Bonchev–Trinajstić information content (AvgIpc) is 3.17. The van der Waals surface area contributed by atoms with Crippen LogP contribution in [0.25, 0.3) is 0 Å². The van der Waals surface area contributed by atoms with Crippen LogP contribution in [-0.2, 0) is 9.53 Å². The van der Waals surface area contributed by atoms with Gasteiger partial charge < -0.3 is 14.8 Å². The summed E-state index contributed by atoms with van der Waals surface area (Å²) >= 11 is 3.08. The fraction of sp³-hybridized carbons (Fsp3) is 0.529. The fourth-order valence-electron chi connectivity index (χ4n) is 4.08. The Morgan fingerprint density at radius 1 is 1.25 bits per heavy atom. The van der Waals surface area contributed by atoms with Gasteiger partial charge in [-0.1, -0.05) is 0 Å². The number of nitrogens with one attached hydrogen (secondary N) is 1. The molecule has 0 unspecified atom stereocenters. The first-order valence-corrected chi connectivity index (χ1v) is 8.67. The van der Waals surface area contributed by atoms with Gasteiger partial charge in [0.25, 0.3) is 5.91 Å². The third-order valence-electron chi connectivity index (χ3n) is 5.17. The minimum absolute atomic E-state index is 0.158. The summed E-state index contributed by atoms with van der Waals surface area (Å²) in [6, 6.07) is 2.30. The Bertz CT molecular complexity index is 681. The smallest absolute Gasteiger partial charge is 0.311 e. The molecule has 0 aliphatic heterocycles. The van der Waals surface area contributed by atoms with Crippen molar-refractivity contribution in [2.24, 2.45) is 17.8 Å². The summed E-state index contributed by atoms with van der Waals surface area (Å²) in [4.78, 5) is 24.8. The number of amides is 1. The van der Waals surface area contributed by atoms with Crippen LogP contribution in [0.15, 0.2) is 16.6 Å². The predicted molar refractivity (Wildman–Crippen MR) is 88.2 cm³/mol. The van der Waals surface area contributed by atoms with Crippen molar-refractivity contribution in [3.05, 3.63) is 28.0 Å². The molecule has 2 fully saturated rings. The molecule has 1 aromatic carbocycles. The van der Waals surface area contributed by atoms with Crippen LogP contribution < -0.4 is 10.1 Å². The molecule has 2 bridgehead atoms. The van der Waals surface area contributed by atoms with Crippen molar-refractivity contribution in [3.8, 4) is 5.75 Å². The maximum absolute atomic E-state index is 13.6. The van der Waals surface area contributed by atoms with Crippen LogP contribution in [0.2, 0.25) is 0 Å². The molecule has 4 atom stereocenters. The van der Waals surface area contributed by atoms with E-state index in [1.165, 1.54) is 20.3 Å². The first kappa shape index (κ1) is 17.2. The van der Waals surface area contributed by atoms with E-state index < -0.39 is 5.82 Å². The molecule has 0 radical (unpaired) electrons. The highest BCUT2D eigenvalue weighted by Crippen LogP contribution is 2.49. The molecule has 3 rings (SSSR count). The zero-order chi connectivity index (χ0) is 17.4. The number of benzene rings is 1. The predicted octanol–water partition coefficient (Wildman–Crippen LogP) is 2.91. The minimum Gasteiger partial charge on any atom is -0.496 e. The number of esters is 1. The highest BCUT2D eigenvalue weighted by molar-refractivity contribution is 9.10. The molecule has 24 heavy (non-hydrogen) atoms. The zero-order valence-corrected chi connectivity index (χ0v) is 15.1. The number of ether oxygens (including phenoxy) is 2. The largest absolute Gasteiger partial charge is 0.496 e. The van der Waals surface area contributed by atoms with Gasteiger partial charge in [0.05, 0.1) is 30.2 Å². The normalized spacial score (nSPS) is 27.8. The van der Waals surface area contributed by atoms with Crippen molar-refractivity contribution >= 4 is 27.8 Å². The second-order valence-corrected chi connectivity index (χ2v) is 7.20. The topological polar surface area (TPSA) is 64.6 Å². The van der Waals surface area contributed by atoms with E-state index >= 15 is 0 Å². The SMILES string of the molecule is COC(=O)[C@H]1[C@@H]2CC[C@@H](C2)[C@H]1NC(=O)c1cc(Br)c(F)cc1OC. The number of methoxy groups -OCH3 is 2. The van der Waals surface area contributed by atoms with Crippen LogP contribution in [-0.4, -0.2) is 32.1 Å². The number of carbonyl (C=O) groups excluding carboxylic acids is 2. The van der Waals surface area contributed by atoms with Crippen LogP contribution in [0.3, 0.4) is 0 Å². The summed E-state index contributed by atoms with van der Waals surface area (Å²) in [7, 11) is 2.75. The van der Waals surface area contributed by atoms with Crippen molar-refractivity contribution in [2.45, 2.75) is 25.3 Å². The Kier molecular flexibility index (Phi) is 4.80. The number of carbonyl (C=O) groups is 2. The second kappa shape index (κ2) is 6.70. The van der Waals surface area contributed by atoms with Gasteiger partial charge in [-0.05, 0) is 53.1 Å². The van der Waals surface area contributed by atoms with Crippen LogP contribution >= 0.6 is 15.9 Å². The van der Waals surface area contributed by atoms with Crippen molar-refractivity contribution in [3.63, 3.8) is 0 Å². The molecular formula is C17H19BrFNO4. The Morgan fingerprint density at radius 3 is 2.62 bits per heavy atom. The van der Waals surface area contributed by atoms with Gasteiger partial charge in [-0.3, -0.25) is 9.59 Å². The number of hydrogen-bond donors (Lipinski definition) is 1. The summed E-state index contributed by atoms with van der Waals surface area (Å²) in [5.41, 5.74) is 0.233. The number of fused-ring (bicyclic) bond motifs is 2. The van der Waals surface area contributed by atoms with Gasteiger partial charge in [-0.25, -0.2) is 4.39 Å². The lowest BCUT2D eigenvalue weighted by Gasteiger charge is -2.30. The van der Waals surface area contributed by atoms with Gasteiger partial charge in [0, 0.05) is 12.1 Å². The Morgan fingerprint density at radius 2 is 1.96 bits per heavy atom. The number of hydrogen-bond acceptors (Lipinski definition) is 4. The van der Waals surface area contributed by atoms with E-state index in [4.69, 9.17) is 9.47 Å². The molecule has 1 aromatic rings. The van der Waals surface area contributed by atoms with Gasteiger partial charge in [-0.2, -0.15) is 0 Å². The molecule has 2 saturated carbocycles. The quantitative estimate of drug-likeness (QED) is 0.790. The maximum atomic E-state index is 13.6. The first-order chi connectivity index (χ1) is 11.5. The van der Waals surface area contributed by atoms with Gasteiger partial charge in [0.1, 0.15) is 11.6 Å². The van der Waals surface area contributed by atoms with Gasteiger partial charge in [0.15, 0.2) is 0 Å². The van der Waals surface area contributed by atoms with Crippen molar-refractivity contribution < 1.29 is 23.5 Å². The molecule has 2 aliphatic rings. The lowest BCUT2D eigenvalue weighted by Crippen LogP contribution is -2.47. The van der Waals surface area contributed by atoms with Gasteiger partial charge >= 0.3 is 5.97 Å². The Labute approximate surface area is 148 Å². The van der Waals surface area contributed by atoms with Crippen molar-refractivity contribution in [1.29, 1.82) is 0 Å². The molecular weight excluding hydrogens is 381 g/mol. The third kappa shape index (κ3) is 2.90. The maximum Gasteiger partial charge on any atom is 0.311 e. The van der Waals surface area contributed by atoms with E-state index in [1.807, 2.05) is 0 Å². The molecule has 7 heteroatoms. The molecule has 130 valence electrons. The van der Waals surface area contributed by atoms with Gasteiger partial charge in [0.2, 0.25) is 0 Å². The van der Waals surface area contributed by atoms with Crippen LogP contribution in [0, 0.1) is 23.6 Å². The summed E-state index contributed by atoms with van der Waals surface area (Å²) < 4.78 is 23.8. The Balaban J connectivity index is 1.84. The van der Waals surface area contributed by atoms with E-state index in [0.717, 1.165) is 25.3 Å². The molecule has 1 amide bonds. The standard InChI is InChI=1S/C17H19BrFNO4/c1-23-13-7-12(19)11(18)6-10(13)16(21)20-15-9-4-3-8(5-9)14(15)17(22)24-2/h6-9,14-15H,3-5H2,1-2H3,(H,20,21)/t8-,9+,14+,15-/m1/s1. The molecule has 2 aliphatic carbocycles. The summed E-state index contributed by atoms with van der Waals surface area (Å²) in [5.74, 6) is -0.777. The second-order valence-electron chi connectivity index (χ2n) is 6.35. The molecule has 0 heterocycles. The summed E-state index contributed by atoms with van der Waals surface area (Å²) in [6.45, 7) is 0.